The molecule has 1 amide bonds. The van der Waals surface area contributed by atoms with Gasteiger partial charge >= 0.3 is 0 Å². The quantitative estimate of drug-likeness (QED) is 0.930. The minimum atomic E-state index is -0.0473. The molecule has 2 aromatic rings. The van der Waals surface area contributed by atoms with Crippen LogP contribution in [0.4, 0.5) is 5.69 Å². The van der Waals surface area contributed by atoms with Crippen molar-refractivity contribution in [1.82, 2.24) is 0 Å². The molecule has 1 aliphatic rings. The number of aryl methyl sites for hydroxylation is 2. The molecule has 0 radical (unpaired) electrons. The molecule has 20 heavy (non-hydrogen) atoms. The minimum absolute atomic E-state index is 0.0473. The number of para-hydroxylation sites is 2. The number of rotatable bonds is 3. The number of amides is 1. The number of thiophene rings is 1. The number of carbonyl (C=O) groups is 1. The van der Waals surface area contributed by atoms with E-state index in [1.54, 1.807) is 18.4 Å². The first kappa shape index (κ1) is 13.2. The van der Waals surface area contributed by atoms with Crippen LogP contribution in [-0.4, -0.2) is 13.0 Å². The van der Waals surface area contributed by atoms with E-state index in [0.717, 1.165) is 17.7 Å². The number of fused-ring (bicyclic) bond motifs is 1. The summed E-state index contributed by atoms with van der Waals surface area (Å²) in [5, 5.41) is 2.93. The van der Waals surface area contributed by atoms with E-state index >= 15 is 0 Å². The van der Waals surface area contributed by atoms with Gasteiger partial charge in [-0.15, -0.1) is 11.3 Å². The van der Waals surface area contributed by atoms with Crippen LogP contribution in [0.3, 0.4) is 0 Å². The third-order valence-corrected chi connectivity index (χ3v) is 4.81. The summed E-state index contributed by atoms with van der Waals surface area (Å²) in [4.78, 5) is 14.5. The second-order valence-electron chi connectivity index (χ2n) is 4.92. The average molecular weight is 287 g/mol. The third-order valence-electron chi connectivity index (χ3n) is 3.58. The van der Waals surface area contributed by atoms with E-state index in [9.17, 15) is 4.79 Å². The van der Waals surface area contributed by atoms with E-state index in [1.165, 1.54) is 23.3 Å². The predicted molar refractivity (Wildman–Crippen MR) is 81.9 cm³/mol. The topological polar surface area (TPSA) is 38.3 Å². The van der Waals surface area contributed by atoms with Gasteiger partial charge in [0.1, 0.15) is 5.75 Å². The van der Waals surface area contributed by atoms with Gasteiger partial charge in [0.25, 0.3) is 5.91 Å². The molecule has 1 N–H and O–H groups in total. The van der Waals surface area contributed by atoms with Crippen LogP contribution in [0.2, 0.25) is 0 Å². The van der Waals surface area contributed by atoms with Gasteiger partial charge in [0.05, 0.1) is 17.7 Å². The van der Waals surface area contributed by atoms with Crippen LogP contribution in [0.15, 0.2) is 30.3 Å². The fourth-order valence-electron chi connectivity index (χ4n) is 2.53. The maximum Gasteiger partial charge on any atom is 0.265 e. The maximum atomic E-state index is 12.3. The highest BCUT2D eigenvalue weighted by molar-refractivity contribution is 7.14. The van der Waals surface area contributed by atoms with Gasteiger partial charge in [0.2, 0.25) is 0 Å². The predicted octanol–water partition coefficient (Wildman–Crippen LogP) is 3.89. The van der Waals surface area contributed by atoms with Gasteiger partial charge in [0, 0.05) is 4.88 Å². The van der Waals surface area contributed by atoms with Crippen molar-refractivity contribution in [3.05, 3.63) is 45.6 Å². The van der Waals surface area contributed by atoms with E-state index in [4.69, 9.17) is 4.74 Å². The molecule has 4 heteroatoms. The molecule has 0 aliphatic heterocycles. The van der Waals surface area contributed by atoms with Crippen LogP contribution in [0.25, 0.3) is 0 Å². The zero-order valence-corrected chi connectivity index (χ0v) is 12.3. The summed E-state index contributed by atoms with van der Waals surface area (Å²) in [6.07, 6.45) is 4.69. The zero-order chi connectivity index (χ0) is 13.9. The number of hydrogen-bond donors (Lipinski definition) is 1. The second-order valence-corrected chi connectivity index (χ2v) is 6.06. The number of carbonyl (C=O) groups excluding carboxylic acids is 1. The van der Waals surface area contributed by atoms with Crippen molar-refractivity contribution in [2.24, 2.45) is 0 Å². The summed E-state index contributed by atoms with van der Waals surface area (Å²) in [5.74, 6) is 0.635. The van der Waals surface area contributed by atoms with E-state index in [2.05, 4.69) is 5.32 Å². The molecule has 0 unspecified atom stereocenters. The van der Waals surface area contributed by atoms with Crippen LogP contribution >= 0.6 is 11.3 Å². The highest BCUT2D eigenvalue weighted by atomic mass is 32.1. The Morgan fingerprint density at radius 3 is 2.85 bits per heavy atom. The molecule has 1 aromatic heterocycles. The van der Waals surface area contributed by atoms with E-state index in [-0.39, 0.29) is 5.91 Å². The molecule has 0 spiro atoms. The normalized spacial score (nSPS) is 13.7. The summed E-state index contributed by atoms with van der Waals surface area (Å²) in [7, 11) is 1.61. The molecule has 104 valence electrons. The van der Waals surface area contributed by atoms with Gasteiger partial charge in [-0.25, -0.2) is 0 Å². The molecule has 3 nitrogen and oxygen atoms in total. The summed E-state index contributed by atoms with van der Waals surface area (Å²) in [5.41, 5.74) is 2.07. The summed E-state index contributed by atoms with van der Waals surface area (Å²) in [6.45, 7) is 0. The fourth-order valence-corrected chi connectivity index (χ4v) is 3.68. The molecule has 1 heterocycles. The number of hydrogen-bond acceptors (Lipinski definition) is 3. The standard InChI is InChI=1S/C16H17NO2S/c1-19-13-8-4-3-7-12(13)17-16(18)15-10-11-6-2-5-9-14(11)20-15/h3-4,7-8,10H,2,5-6,9H2,1H3,(H,17,18). The Morgan fingerprint density at radius 1 is 1.25 bits per heavy atom. The minimum Gasteiger partial charge on any atom is -0.495 e. The van der Waals surface area contributed by atoms with Crippen molar-refractivity contribution >= 4 is 22.9 Å². The molecule has 0 bridgehead atoms. The molecule has 0 saturated heterocycles. The van der Waals surface area contributed by atoms with Crippen LogP contribution in [0.1, 0.15) is 33.0 Å². The Bertz CT molecular complexity index is 610. The van der Waals surface area contributed by atoms with Crippen LogP contribution in [0.5, 0.6) is 5.75 Å². The molecular formula is C16H17NO2S. The molecule has 1 aliphatic carbocycles. The van der Waals surface area contributed by atoms with Gasteiger partial charge in [-0.2, -0.15) is 0 Å². The molecule has 0 fully saturated rings. The fraction of sp³-hybridized carbons (Fsp3) is 0.312. The van der Waals surface area contributed by atoms with Crippen LogP contribution in [0, 0.1) is 0 Å². The smallest absolute Gasteiger partial charge is 0.265 e. The first-order valence-electron chi connectivity index (χ1n) is 6.84. The summed E-state index contributed by atoms with van der Waals surface area (Å²) < 4.78 is 5.25. The number of anilines is 1. The first-order valence-corrected chi connectivity index (χ1v) is 7.65. The van der Waals surface area contributed by atoms with Crippen molar-refractivity contribution in [2.75, 3.05) is 12.4 Å². The van der Waals surface area contributed by atoms with Crippen molar-refractivity contribution in [3.63, 3.8) is 0 Å². The second kappa shape index (κ2) is 5.67. The Labute approximate surface area is 122 Å². The largest absolute Gasteiger partial charge is 0.495 e. The molecular weight excluding hydrogens is 270 g/mol. The van der Waals surface area contributed by atoms with Crippen LogP contribution in [-0.2, 0) is 12.8 Å². The van der Waals surface area contributed by atoms with Crippen molar-refractivity contribution in [2.45, 2.75) is 25.7 Å². The molecule has 0 saturated carbocycles. The van der Waals surface area contributed by atoms with Crippen LogP contribution < -0.4 is 10.1 Å². The highest BCUT2D eigenvalue weighted by Crippen LogP contribution is 2.31. The zero-order valence-electron chi connectivity index (χ0n) is 11.4. The first-order chi connectivity index (χ1) is 9.78. The van der Waals surface area contributed by atoms with Gasteiger partial charge in [-0.1, -0.05) is 12.1 Å². The lowest BCUT2D eigenvalue weighted by Gasteiger charge is -2.08. The molecule has 3 rings (SSSR count). The van der Waals surface area contributed by atoms with Gasteiger partial charge in [0.15, 0.2) is 0 Å². The van der Waals surface area contributed by atoms with E-state index in [0.29, 0.717) is 11.4 Å². The molecule has 0 atom stereocenters. The summed E-state index contributed by atoms with van der Waals surface area (Å²) in [6, 6.07) is 9.51. The Kier molecular flexibility index (Phi) is 3.74. The van der Waals surface area contributed by atoms with Crippen molar-refractivity contribution in [1.29, 1.82) is 0 Å². The van der Waals surface area contributed by atoms with E-state index < -0.39 is 0 Å². The average Bonchev–Trinajstić information content (AvgIpc) is 2.92. The molecule has 1 aromatic carbocycles. The Hall–Kier alpha value is -1.81. The third kappa shape index (κ3) is 2.56. The summed E-state index contributed by atoms with van der Waals surface area (Å²) >= 11 is 1.62. The SMILES string of the molecule is COc1ccccc1NC(=O)c1cc2c(s1)CCCC2. The lowest BCUT2D eigenvalue weighted by atomic mass is 9.99. The highest BCUT2D eigenvalue weighted by Gasteiger charge is 2.18. The van der Waals surface area contributed by atoms with Crippen molar-refractivity contribution < 1.29 is 9.53 Å². The number of benzene rings is 1. The Morgan fingerprint density at radius 2 is 2.05 bits per heavy atom. The Balaban J connectivity index is 1.81. The maximum absolute atomic E-state index is 12.3. The van der Waals surface area contributed by atoms with Gasteiger partial charge in [-0.3, -0.25) is 4.79 Å². The van der Waals surface area contributed by atoms with Gasteiger partial charge in [-0.05, 0) is 49.4 Å². The van der Waals surface area contributed by atoms with E-state index in [1.807, 2.05) is 30.3 Å². The lowest BCUT2D eigenvalue weighted by Crippen LogP contribution is -2.10. The number of ether oxygens (including phenoxy) is 1. The monoisotopic (exact) mass is 287 g/mol. The van der Waals surface area contributed by atoms with Crippen molar-refractivity contribution in [3.8, 4) is 5.75 Å². The lowest BCUT2D eigenvalue weighted by molar-refractivity contribution is 0.103. The van der Waals surface area contributed by atoms with Gasteiger partial charge < -0.3 is 10.1 Å². The number of nitrogens with one attached hydrogen (secondary N) is 1. The number of methoxy groups -OCH3 is 1.